The van der Waals surface area contributed by atoms with E-state index in [1.807, 2.05) is 0 Å². The van der Waals surface area contributed by atoms with Crippen LogP contribution in [0.25, 0.3) is 0 Å². The lowest BCUT2D eigenvalue weighted by atomic mass is 10.2. The minimum absolute atomic E-state index is 0.274. The molecule has 0 N–H and O–H groups in total. The molecule has 66 valence electrons. The summed E-state index contributed by atoms with van der Waals surface area (Å²) in [5.41, 5.74) is 0. The summed E-state index contributed by atoms with van der Waals surface area (Å²) in [4.78, 5) is 12.7. The molecule has 1 aliphatic rings. The minimum Gasteiger partial charge on any atom is -0.450 e. The van der Waals surface area contributed by atoms with Gasteiger partial charge in [-0.1, -0.05) is 0 Å². The third kappa shape index (κ3) is 1.67. The zero-order valence-electron chi connectivity index (χ0n) is 7.12. The number of carbonyl (C=O) groups excluding carboxylic acids is 1. The number of hydrogen-bond acceptors (Lipinski definition) is 3. The van der Waals surface area contributed by atoms with Crippen molar-refractivity contribution in [3.63, 3.8) is 0 Å². The maximum absolute atomic E-state index is 11.2. The SMILES string of the molecule is CCOC(=O)N1CCCC1C#N. The van der Waals surface area contributed by atoms with Gasteiger partial charge in [-0.2, -0.15) is 5.26 Å². The molecule has 1 unspecified atom stereocenters. The topological polar surface area (TPSA) is 53.3 Å². The molecule has 1 rings (SSSR count). The summed E-state index contributed by atoms with van der Waals surface area (Å²) in [5, 5.41) is 8.65. The number of carbonyl (C=O) groups is 1. The molecule has 1 atom stereocenters. The second-order valence-electron chi connectivity index (χ2n) is 2.68. The first-order valence-corrected chi connectivity index (χ1v) is 4.12. The molecule has 0 radical (unpaired) electrons. The van der Waals surface area contributed by atoms with E-state index in [0.29, 0.717) is 13.2 Å². The highest BCUT2D eigenvalue weighted by molar-refractivity contribution is 5.68. The van der Waals surface area contributed by atoms with Crippen LogP contribution in [0, 0.1) is 11.3 Å². The second kappa shape index (κ2) is 3.96. The average Bonchev–Trinajstić information content (AvgIpc) is 2.51. The maximum atomic E-state index is 11.2. The Hall–Kier alpha value is -1.24. The van der Waals surface area contributed by atoms with E-state index in [1.165, 1.54) is 4.90 Å². The molecule has 1 heterocycles. The van der Waals surface area contributed by atoms with E-state index in [4.69, 9.17) is 10.00 Å². The van der Waals surface area contributed by atoms with E-state index in [1.54, 1.807) is 6.92 Å². The molecule has 0 saturated carbocycles. The van der Waals surface area contributed by atoms with Gasteiger partial charge in [-0.05, 0) is 19.8 Å². The third-order valence-corrected chi connectivity index (χ3v) is 1.90. The lowest BCUT2D eigenvalue weighted by Crippen LogP contribution is -2.34. The summed E-state index contributed by atoms with van der Waals surface area (Å²) in [6.07, 6.45) is 1.31. The van der Waals surface area contributed by atoms with Crippen LogP contribution in [0.4, 0.5) is 4.79 Å². The fourth-order valence-corrected chi connectivity index (χ4v) is 1.33. The highest BCUT2D eigenvalue weighted by atomic mass is 16.6. The van der Waals surface area contributed by atoms with Crippen LogP contribution < -0.4 is 0 Å². The van der Waals surface area contributed by atoms with Crippen molar-refractivity contribution in [3.8, 4) is 6.07 Å². The molecule has 0 aromatic rings. The van der Waals surface area contributed by atoms with Crippen LogP contribution in [0.5, 0.6) is 0 Å². The Balaban J connectivity index is 2.51. The molecule has 12 heavy (non-hydrogen) atoms. The molecule has 0 aliphatic carbocycles. The van der Waals surface area contributed by atoms with Gasteiger partial charge in [0.25, 0.3) is 0 Å². The van der Waals surface area contributed by atoms with E-state index in [9.17, 15) is 4.79 Å². The first-order valence-electron chi connectivity index (χ1n) is 4.12. The van der Waals surface area contributed by atoms with Crippen molar-refractivity contribution in [2.75, 3.05) is 13.2 Å². The average molecular weight is 168 g/mol. The summed E-state index contributed by atoms with van der Waals surface area (Å²) in [7, 11) is 0. The number of likely N-dealkylation sites (tertiary alicyclic amines) is 1. The van der Waals surface area contributed by atoms with Crippen molar-refractivity contribution in [2.24, 2.45) is 0 Å². The Morgan fingerprint density at radius 2 is 2.58 bits per heavy atom. The molecule has 1 fully saturated rings. The molecule has 4 heteroatoms. The number of nitrogens with zero attached hydrogens (tertiary/aromatic N) is 2. The predicted molar refractivity (Wildman–Crippen MR) is 42.4 cm³/mol. The monoisotopic (exact) mass is 168 g/mol. The molecule has 0 aromatic heterocycles. The van der Waals surface area contributed by atoms with Crippen LogP contribution in [-0.2, 0) is 4.74 Å². The zero-order valence-corrected chi connectivity index (χ0v) is 7.12. The van der Waals surface area contributed by atoms with E-state index in [-0.39, 0.29) is 12.1 Å². The van der Waals surface area contributed by atoms with Crippen LogP contribution >= 0.6 is 0 Å². The fraction of sp³-hybridized carbons (Fsp3) is 0.750. The van der Waals surface area contributed by atoms with E-state index in [2.05, 4.69) is 6.07 Å². The standard InChI is InChI=1S/C8H12N2O2/c1-2-12-8(11)10-5-3-4-7(10)6-9/h7H,2-5H2,1H3. The van der Waals surface area contributed by atoms with Crippen LogP contribution in [0.2, 0.25) is 0 Å². The van der Waals surface area contributed by atoms with Gasteiger partial charge >= 0.3 is 6.09 Å². The van der Waals surface area contributed by atoms with Crippen molar-refractivity contribution in [1.29, 1.82) is 5.26 Å². The molecular formula is C8H12N2O2. The predicted octanol–water partition coefficient (Wildman–Crippen LogP) is 1.13. The molecule has 1 amide bonds. The van der Waals surface area contributed by atoms with Gasteiger partial charge in [0.2, 0.25) is 0 Å². The van der Waals surface area contributed by atoms with Crippen molar-refractivity contribution < 1.29 is 9.53 Å². The lowest BCUT2D eigenvalue weighted by Gasteiger charge is -2.17. The number of ether oxygens (including phenoxy) is 1. The van der Waals surface area contributed by atoms with Crippen molar-refractivity contribution in [3.05, 3.63) is 0 Å². The molecule has 4 nitrogen and oxygen atoms in total. The third-order valence-electron chi connectivity index (χ3n) is 1.90. The van der Waals surface area contributed by atoms with Gasteiger partial charge in [-0.3, -0.25) is 4.90 Å². The molecule has 0 spiro atoms. The highest BCUT2D eigenvalue weighted by Gasteiger charge is 2.29. The maximum Gasteiger partial charge on any atom is 0.410 e. The Morgan fingerprint density at radius 3 is 3.17 bits per heavy atom. The number of rotatable bonds is 1. The minimum atomic E-state index is -0.360. The smallest absolute Gasteiger partial charge is 0.410 e. The van der Waals surface area contributed by atoms with Crippen molar-refractivity contribution in [2.45, 2.75) is 25.8 Å². The van der Waals surface area contributed by atoms with Crippen LogP contribution in [0.3, 0.4) is 0 Å². The first-order chi connectivity index (χ1) is 5.79. The van der Waals surface area contributed by atoms with Gasteiger partial charge in [0.1, 0.15) is 6.04 Å². The van der Waals surface area contributed by atoms with Crippen LogP contribution in [0.15, 0.2) is 0 Å². The molecular weight excluding hydrogens is 156 g/mol. The van der Waals surface area contributed by atoms with Gasteiger partial charge in [0.15, 0.2) is 0 Å². The number of amides is 1. The Kier molecular flexibility index (Phi) is 2.92. The van der Waals surface area contributed by atoms with Gasteiger partial charge in [0, 0.05) is 6.54 Å². The van der Waals surface area contributed by atoms with Gasteiger partial charge < -0.3 is 4.74 Å². The van der Waals surface area contributed by atoms with Crippen LogP contribution in [-0.4, -0.2) is 30.2 Å². The largest absolute Gasteiger partial charge is 0.450 e. The zero-order chi connectivity index (χ0) is 8.97. The Bertz CT molecular complexity index is 210. The Labute approximate surface area is 71.7 Å². The Morgan fingerprint density at radius 1 is 1.83 bits per heavy atom. The first kappa shape index (κ1) is 8.85. The summed E-state index contributed by atoms with van der Waals surface area (Å²) >= 11 is 0. The van der Waals surface area contributed by atoms with E-state index >= 15 is 0 Å². The molecule has 0 bridgehead atoms. The quantitative estimate of drug-likeness (QED) is 0.589. The lowest BCUT2D eigenvalue weighted by molar-refractivity contribution is 0.109. The van der Waals surface area contributed by atoms with E-state index < -0.39 is 0 Å². The molecule has 0 aromatic carbocycles. The highest BCUT2D eigenvalue weighted by Crippen LogP contribution is 2.16. The van der Waals surface area contributed by atoms with Crippen LogP contribution in [0.1, 0.15) is 19.8 Å². The summed E-state index contributed by atoms with van der Waals surface area (Å²) in [5.74, 6) is 0. The molecule has 1 aliphatic heterocycles. The number of nitriles is 1. The van der Waals surface area contributed by atoms with Crippen molar-refractivity contribution in [1.82, 2.24) is 4.90 Å². The fourth-order valence-electron chi connectivity index (χ4n) is 1.33. The summed E-state index contributed by atoms with van der Waals surface area (Å²) < 4.78 is 4.79. The normalized spacial score (nSPS) is 22.0. The van der Waals surface area contributed by atoms with Gasteiger partial charge in [-0.25, -0.2) is 4.79 Å². The number of hydrogen-bond donors (Lipinski definition) is 0. The van der Waals surface area contributed by atoms with E-state index in [0.717, 1.165) is 12.8 Å². The molecule has 1 saturated heterocycles. The second-order valence-corrected chi connectivity index (χ2v) is 2.68. The van der Waals surface area contributed by atoms with Crippen molar-refractivity contribution >= 4 is 6.09 Å². The summed E-state index contributed by atoms with van der Waals surface area (Å²) in [6.45, 7) is 2.78. The summed E-state index contributed by atoms with van der Waals surface area (Å²) in [6, 6.07) is 1.80. The van der Waals surface area contributed by atoms with Gasteiger partial charge in [-0.15, -0.1) is 0 Å². The van der Waals surface area contributed by atoms with Gasteiger partial charge in [0.05, 0.1) is 12.7 Å².